The van der Waals surface area contributed by atoms with Gasteiger partial charge in [0.05, 0.1) is 28.3 Å². The number of nitrogens with zero attached hydrogens (tertiary/aromatic N) is 5. The van der Waals surface area contributed by atoms with Gasteiger partial charge < -0.3 is 4.57 Å². The summed E-state index contributed by atoms with van der Waals surface area (Å²) in [7, 11) is 0. The zero-order valence-electron chi connectivity index (χ0n) is 17.6. The zero-order valence-corrected chi connectivity index (χ0v) is 18.4. The summed E-state index contributed by atoms with van der Waals surface area (Å²) in [5.41, 5.74) is 7.20. The molecule has 1 N–H and O–H groups in total. The lowest BCUT2D eigenvalue weighted by atomic mass is 10.1. The Labute approximate surface area is 188 Å². The minimum absolute atomic E-state index is 0.236. The number of aromatic nitrogens is 4. The van der Waals surface area contributed by atoms with Gasteiger partial charge in [-0.1, -0.05) is 30.3 Å². The molecule has 0 fully saturated rings. The van der Waals surface area contributed by atoms with Crippen molar-refractivity contribution >= 4 is 33.2 Å². The van der Waals surface area contributed by atoms with Gasteiger partial charge in [-0.3, -0.25) is 4.79 Å². The molecule has 2 aromatic carbocycles. The quantitative estimate of drug-likeness (QED) is 0.317. The van der Waals surface area contributed by atoms with Crippen molar-refractivity contribution in [1.29, 1.82) is 0 Å². The number of aryl methyl sites for hydroxylation is 1. The summed E-state index contributed by atoms with van der Waals surface area (Å²) >= 11 is 1.41. The van der Waals surface area contributed by atoms with E-state index in [-0.39, 0.29) is 5.91 Å². The number of hydrazone groups is 1. The molecule has 0 aliphatic rings. The van der Waals surface area contributed by atoms with Gasteiger partial charge in [0, 0.05) is 23.5 Å². The summed E-state index contributed by atoms with van der Waals surface area (Å²) < 4.78 is 3.81. The van der Waals surface area contributed by atoms with Crippen molar-refractivity contribution in [3.63, 3.8) is 0 Å². The number of rotatable bonds is 5. The van der Waals surface area contributed by atoms with Crippen LogP contribution in [0.2, 0.25) is 0 Å². The molecule has 0 spiro atoms. The SMILES string of the molecule is C/C(=N/NC(=O)c1cc2c(C)nn(-c3ccccc3)c2s1)c1ccc(-n2ccnc2)cc1. The lowest BCUT2D eigenvalue weighted by molar-refractivity contribution is 0.0959. The number of hydrogen-bond donors (Lipinski definition) is 1. The van der Waals surface area contributed by atoms with Gasteiger partial charge in [-0.15, -0.1) is 11.3 Å². The number of carbonyl (C=O) groups is 1. The standard InChI is InChI=1S/C24H20N6OS/c1-16(18-8-10-19(11-9-18)29-13-12-25-15-29)26-27-23(31)22-14-21-17(2)28-30(24(21)32-22)20-6-4-3-5-7-20/h3-15H,1-2H3,(H,27,31)/b26-16-. The fourth-order valence-corrected chi connectivity index (χ4v) is 4.52. The molecule has 3 aromatic heterocycles. The molecule has 0 saturated carbocycles. The number of imidazole rings is 1. The third-order valence-corrected chi connectivity index (χ3v) is 6.29. The lowest BCUT2D eigenvalue weighted by Gasteiger charge is -2.05. The fraction of sp³-hybridized carbons (Fsp3) is 0.0833. The number of amides is 1. The van der Waals surface area contributed by atoms with Crippen LogP contribution in [0.4, 0.5) is 0 Å². The van der Waals surface area contributed by atoms with Crippen LogP contribution in [-0.4, -0.2) is 31.0 Å². The van der Waals surface area contributed by atoms with Crippen LogP contribution < -0.4 is 5.43 Å². The maximum Gasteiger partial charge on any atom is 0.281 e. The lowest BCUT2D eigenvalue weighted by Crippen LogP contribution is -2.18. The van der Waals surface area contributed by atoms with Crippen LogP contribution in [0.3, 0.4) is 0 Å². The van der Waals surface area contributed by atoms with Crippen molar-refractivity contribution in [2.24, 2.45) is 5.10 Å². The minimum atomic E-state index is -0.236. The number of fused-ring (bicyclic) bond motifs is 1. The molecule has 5 rings (SSSR count). The van der Waals surface area contributed by atoms with Crippen LogP contribution in [0.1, 0.15) is 27.9 Å². The number of carbonyl (C=O) groups excluding carboxylic acids is 1. The second-order valence-electron chi connectivity index (χ2n) is 7.32. The van der Waals surface area contributed by atoms with Gasteiger partial charge in [0.1, 0.15) is 4.83 Å². The van der Waals surface area contributed by atoms with Gasteiger partial charge >= 0.3 is 0 Å². The highest BCUT2D eigenvalue weighted by Gasteiger charge is 2.17. The third-order valence-electron chi connectivity index (χ3n) is 5.18. The first-order valence-corrected chi connectivity index (χ1v) is 10.9. The number of para-hydroxylation sites is 1. The van der Waals surface area contributed by atoms with Crippen LogP contribution in [0.25, 0.3) is 21.6 Å². The Morgan fingerprint density at radius 1 is 1.06 bits per heavy atom. The van der Waals surface area contributed by atoms with Crippen LogP contribution in [0, 0.1) is 6.92 Å². The third kappa shape index (κ3) is 3.72. The summed E-state index contributed by atoms with van der Waals surface area (Å²) in [6.45, 7) is 3.82. The predicted molar refractivity (Wildman–Crippen MR) is 127 cm³/mol. The van der Waals surface area contributed by atoms with Crippen molar-refractivity contribution in [3.8, 4) is 11.4 Å². The van der Waals surface area contributed by atoms with Crippen molar-refractivity contribution in [1.82, 2.24) is 24.8 Å². The van der Waals surface area contributed by atoms with Crippen molar-refractivity contribution < 1.29 is 4.79 Å². The van der Waals surface area contributed by atoms with Crippen LogP contribution in [0.5, 0.6) is 0 Å². The van der Waals surface area contributed by atoms with Crippen LogP contribution in [0.15, 0.2) is 84.5 Å². The average Bonchev–Trinajstić information content (AvgIpc) is 3.57. The normalized spacial score (nSPS) is 11.8. The molecule has 7 nitrogen and oxygen atoms in total. The van der Waals surface area contributed by atoms with Gasteiger partial charge in [-0.05, 0) is 49.7 Å². The van der Waals surface area contributed by atoms with Crippen molar-refractivity contribution in [2.45, 2.75) is 13.8 Å². The fourth-order valence-electron chi connectivity index (χ4n) is 3.44. The molecule has 0 saturated heterocycles. The molecule has 0 unspecified atom stereocenters. The molecule has 32 heavy (non-hydrogen) atoms. The second kappa shape index (κ2) is 8.24. The molecule has 0 atom stereocenters. The number of thiophene rings is 1. The van der Waals surface area contributed by atoms with E-state index in [1.807, 2.05) is 90.0 Å². The van der Waals surface area contributed by atoms with Crippen LogP contribution >= 0.6 is 11.3 Å². The van der Waals surface area contributed by atoms with E-state index in [0.717, 1.165) is 38.6 Å². The molecule has 158 valence electrons. The summed E-state index contributed by atoms with van der Waals surface area (Å²) in [6.07, 6.45) is 5.38. The molecule has 8 heteroatoms. The van der Waals surface area contributed by atoms with Crippen molar-refractivity contribution in [2.75, 3.05) is 0 Å². The monoisotopic (exact) mass is 440 g/mol. The van der Waals surface area contributed by atoms with E-state index >= 15 is 0 Å². The Kier molecular flexibility index (Phi) is 5.12. The molecular weight excluding hydrogens is 420 g/mol. The highest BCUT2D eigenvalue weighted by atomic mass is 32.1. The zero-order chi connectivity index (χ0) is 22.1. The van der Waals surface area contributed by atoms with Gasteiger partial charge in [-0.2, -0.15) is 10.2 Å². The molecule has 3 heterocycles. The molecule has 0 radical (unpaired) electrons. The van der Waals surface area contributed by atoms with Gasteiger partial charge in [-0.25, -0.2) is 15.1 Å². The Bertz CT molecular complexity index is 1410. The minimum Gasteiger partial charge on any atom is -0.306 e. The maximum absolute atomic E-state index is 12.8. The summed E-state index contributed by atoms with van der Waals surface area (Å²) in [4.78, 5) is 18.4. The molecule has 5 aromatic rings. The highest BCUT2D eigenvalue weighted by Crippen LogP contribution is 2.30. The van der Waals surface area contributed by atoms with E-state index in [0.29, 0.717) is 4.88 Å². The van der Waals surface area contributed by atoms with E-state index < -0.39 is 0 Å². The average molecular weight is 441 g/mol. The molecule has 0 aliphatic heterocycles. The van der Waals surface area contributed by atoms with Crippen molar-refractivity contribution in [3.05, 3.63) is 95.5 Å². The predicted octanol–water partition coefficient (Wildman–Crippen LogP) is 4.74. The molecular formula is C24H20N6OS. The topological polar surface area (TPSA) is 77.1 Å². The number of nitrogens with one attached hydrogen (secondary N) is 1. The Hall–Kier alpha value is -4.04. The van der Waals surface area contributed by atoms with E-state index in [2.05, 4.69) is 20.6 Å². The molecule has 0 aliphatic carbocycles. The molecule has 0 bridgehead atoms. The first-order chi connectivity index (χ1) is 15.6. The van der Waals surface area contributed by atoms with E-state index in [9.17, 15) is 4.79 Å². The van der Waals surface area contributed by atoms with Gasteiger partial charge in [0.2, 0.25) is 0 Å². The van der Waals surface area contributed by atoms with E-state index in [4.69, 9.17) is 0 Å². The summed E-state index contributed by atoms with van der Waals surface area (Å²) in [6, 6.07) is 19.7. The van der Waals surface area contributed by atoms with E-state index in [1.54, 1.807) is 12.5 Å². The number of benzene rings is 2. The summed E-state index contributed by atoms with van der Waals surface area (Å²) in [5, 5.41) is 9.90. The van der Waals surface area contributed by atoms with E-state index in [1.165, 1.54) is 11.3 Å². The Morgan fingerprint density at radius 3 is 2.56 bits per heavy atom. The van der Waals surface area contributed by atoms with Gasteiger partial charge in [0.25, 0.3) is 5.91 Å². The first-order valence-electron chi connectivity index (χ1n) is 10.1. The highest BCUT2D eigenvalue weighted by molar-refractivity contribution is 7.20. The van der Waals surface area contributed by atoms with Gasteiger partial charge in [0.15, 0.2) is 0 Å². The number of hydrogen-bond acceptors (Lipinski definition) is 5. The maximum atomic E-state index is 12.8. The summed E-state index contributed by atoms with van der Waals surface area (Å²) in [5.74, 6) is -0.236. The Morgan fingerprint density at radius 2 is 1.84 bits per heavy atom. The smallest absolute Gasteiger partial charge is 0.281 e. The largest absolute Gasteiger partial charge is 0.306 e. The first kappa shape index (κ1) is 19.9. The second-order valence-corrected chi connectivity index (χ2v) is 8.35. The van der Waals surface area contributed by atoms with Crippen LogP contribution in [-0.2, 0) is 0 Å². The molecule has 1 amide bonds. The Balaban J connectivity index is 1.35.